The lowest BCUT2D eigenvalue weighted by molar-refractivity contribution is -0.111. The Kier molecular flexibility index (Phi) is 5.84. The van der Waals surface area contributed by atoms with Crippen molar-refractivity contribution in [2.24, 2.45) is 0 Å². The van der Waals surface area contributed by atoms with Gasteiger partial charge in [-0.3, -0.25) is 4.79 Å². The number of carbonyl (C=O) groups is 1. The van der Waals surface area contributed by atoms with Crippen LogP contribution in [0.25, 0.3) is 6.08 Å². The second-order valence-corrected chi connectivity index (χ2v) is 5.20. The summed E-state index contributed by atoms with van der Waals surface area (Å²) in [4.78, 5) is 12.0. The number of methoxy groups -OCH3 is 2. The van der Waals surface area contributed by atoms with Crippen molar-refractivity contribution in [2.45, 2.75) is 13.3 Å². The van der Waals surface area contributed by atoms with Crippen LogP contribution in [0.4, 0.5) is 11.4 Å². The Labute approximate surface area is 142 Å². The second-order valence-electron chi connectivity index (χ2n) is 5.20. The molecule has 2 rings (SSSR count). The highest BCUT2D eigenvalue weighted by Gasteiger charge is 2.04. The topological polar surface area (TPSA) is 73.6 Å². The largest absolute Gasteiger partial charge is 0.493 e. The summed E-state index contributed by atoms with van der Waals surface area (Å²) in [5.74, 6) is 1.03. The van der Waals surface area contributed by atoms with E-state index in [1.165, 1.54) is 6.08 Å². The van der Waals surface area contributed by atoms with Crippen LogP contribution in [-0.2, 0) is 11.2 Å². The van der Waals surface area contributed by atoms with Crippen LogP contribution in [0, 0.1) is 0 Å². The summed E-state index contributed by atoms with van der Waals surface area (Å²) in [6.45, 7) is 2.04. The number of nitrogen functional groups attached to an aromatic ring is 1. The number of rotatable bonds is 6. The van der Waals surface area contributed by atoms with E-state index in [4.69, 9.17) is 15.2 Å². The first-order valence-electron chi connectivity index (χ1n) is 7.66. The number of ether oxygens (including phenoxy) is 2. The Balaban J connectivity index is 2.06. The molecule has 0 bridgehead atoms. The van der Waals surface area contributed by atoms with E-state index in [1.54, 1.807) is 38.5 Å². The van der Waals surface area contributed by atoms with Crippen molar-refractivity contribution in [3.63, 3.8) is 0 Å². The van der Waals surface area contributed by atoms with Crippen molar-refractivity contribution in [3.8, 4) is 11.5 Å². The monoisotopic (exact) mass is 326 g/mol. The number of anilines is 2. The summed E-state index contributed by atoms with van der Waals surface area (Å²) >= 11 is 0. The molecule has 0 aliphatic heterocycles. The Hall–Kier alpha value is -2.95. The number of benzene rings is 2. The van der Waals surface area contributed by atoms with Gasteiger partial charge in [0.05, 0.1) is 14.2 Å². The molecule has 2 aromatic rings. The zero-order valence-corrected chi connectivity index (χ0v) is 14.1. The molecule has 1 amide bonds. The van der Waals surface area contributed by atoms with E-state index in [0.717, 1.165) is 17.5 Å². The number of nitrogens with two attached hydrogens (primary N) is 1. The smallest absolute Gasteiger partial charge is 0.248 e. The summed E-state index contributed by atoms with van der Waals surface area (Å²) in [5.41, 5.74) is 9.19. The first kappa shape index (κ1) is 17.4. The highest BCUT2D eigenvalue weighted by Crippen LogP contribution is 2.28. The summed E-state index contributed by atoms with van der Waals surface area (Å²) in [6.07, 6.45) is 4.03. The molecule has 3 N–H and O–H groups in total. The minimum absolute atomic E-state index is 0.228. The zero-order chi connectivity index (χ0) is 17.5. The number of carbonyl (C=O) groups excluding carboxylic acids is 1. The molecule has 0 saturated carbocycles. The Morgan fingerprint density at radius 3 is 2.50 bits per heavy atom. The third-order valence-electron chi connectivity index (χ3n) is 3.63. The van der Waals surface area contributed by atoms with Gasteiger partial charge in [-0.05, 0) is 47.9 Å². The summed E-state index contributed by atoms with van der Waals surface area (Å²) in [7, 11) is 3.15. The number of hydrogen-bond acceptors (Lipinski definition) is 4. The molecular formula is C19H22N2O3. The number of amides is 1. The summed E-state index contributed by atoms with van der Waals surface area (Å²) in [6, 6.07) is 11.0. The van der Waals surface area contributed by atoms with E-state index in [9.17, 15) is 4.79 Å². The van der Waals surface area contributed by atoms with E-state index in [2.05, 4.69) is 5.32 Å². The summed E-state index contributed by atoms with van der Waals surface area (Å²) in [5, 5.41) is 2.79. The zero-order valence-electron chi connectivity index (χ0n) is 14.1. The highest BCUT2D eigenvalue weighted by molar-refractivity contribution is 6.02. The van der Waals surface area contributed by atoms with Gasteiger partial charge in [-0.1, -0.05) is 19.1 Å². The van der Waals surface area contributed by atoms with Gasteiger partial charge in [0.1, 0.15) is 0 Å². The van der Waals surface area contributed by atoms with Crippen molar-refractivity contribution < 1.29 is 14.3 Å². The molecule has 0 unspecified atom stereocenters. The van der Waals surface area contributed by atoms with Gasteiger partial charge in [0, 0.05) is 17.5 Å². The maximum Gasteiger partial charge on any atom is 0.248 e. The van der Waals surface area contributed by atoms with Crippen LogP contribution in [0.3, 0.4) is 0 Å². The molecule has 0 aliphatic rings. The fourth-order valence-corrected chi connectivity index (χ4v) is 2.31. The average Bonchev–Trinajstić information content (AvgIpc) is 2.59. The molecular weight excluding hydrogens is 304 g/mol. The van der Waals surface area contributed by atoms with Gasteiger partial charge in [-0.25, -0.2) is 0 Å². The van der Waals surface area contributed by atoms with Crippen LogP contribution in [0.1, 0.15) is 18.1 Å². The lowest BCUT2D eigenvalue weighted by atomic mass is 10.1. The second kappa shape index (κ2) is 8.06. The van der Waals surface area contributed by atoms with Crippen molar-refractivity contribution in [2.75, 3.05) is 25.3 Å². The predicted octanol–water partition coefficient (Wildman–Crippen LogP) is 3.50. The molecule has 5 nitrogen and oxygen atoms in total. The molecule has 0 fully saturated rings. The van der Waals surface area contributed by atoms with E-state index in [-0.39, 0.29) is 5.91 Å². The van der Waals surface area contributed by atoms with Gasteiger partial charge in [-0.15, -0.1) is 0 Å². The molecule has 0 aliphatic carbocycles. The molecule has 126 valence electrons. The summed E-state index contributed by atoms with van der Waals surface area (Å²) < 4.78 is 10.4. The van der Waals surface area contributed by atoms with Crippen LogP contribution in [0.2, 0.25) is 0 Å². The van der Waals surface area contributed by atoms with Gasteiger partial charge in [0.25, 0.3) is 0 Å². The maximum atomic E-state index is 12.0. The SMILES string of the molecule is CCc1ccc(NC(=O)/C=C/c2ccc(OC)c(OC)c2)cc1N. The molecule has 0 saturated heterocycles. The van der Waals surface area contributed by atoms with Crippen molar-refractivity contribution in [1.29, 1.82) is 0 Å². The van der Waals surface area contributed by atoms with E-state index >= 15 is 0 Å². The Morgan fingerprint density at radius 1 is 1.12 bits per heavy atom. The van der Waals surface area contributed by atoms with Crippen molar-refractivity contribution in [3.05, 3.63) is 53.6 Å². The third kappa shape index (κ3) is 4.29. The number of aryl methyl sites for hydroxylation is 1. The van der Waals surface area contributed by atoms with Gasteiger partial charge >= 0.3 is 0 Å². The molecule has 0 radical (unpaired) electrons. The van der Waals surface area contributed by atoms with E-state index < -0.39 is 0 Å². The third-order valence-corrected chi connectivity index (χ3v) is 3.63. The Morgan fingerprint density at radius 2 is 1.88 bits per heavy atom. The number of nitrogens with one attached hydrogen (secondary N) is 1. The maximum absolute atomic E-state index is 12.0. The molecule has 0 atom stereocenters. The van der Waals surface area contributed by atoms with Crippen LogP contribution < -0.4 is 20.5 Å². The van der Waals surface area contributed by atoms with E-state index in [0.29, 0.717) is 22.9 Å². The highest BCUT2D eigenvalue weighted by atomic mass is 16.5. The molecule has 0 heterocycles. The van der Waals surface area contributed by atoms with Gasteiger partial charge in [0.2, 0.25) is 5.91 Å². The van der Waals surface area contributed by atoms with Gasteiger partial charge in [-0.2, -0.15) is 0 Å². The molecule has 5 heteroatoms. The minimum Gasteiger partial charge on any atom is -0.493 e. The molecule has 0 spiro atoms. The van der Waals surface area contributed by atoms with Crippen LogP contribution in [-0.4, -0.2) is 20.1 Å². The Bertz CT molecular complexity index is 754. The van der Waals surface area contributed by atoms with Crippen molar-refractivity contribution >= 4 is 23.4 Å². The fraction of sp³-hybridized carbons (Fsp3) is 0.211. The molecule has 2 aromatic carbocycles. The van der Waals surface area contributed by atoms with Crippen molar-refractivity contribution in [1.82, 2.24) is 0 Å². The number of hydrogen-bond donors (Lipinski definition) is 2. The van der Waals surface area contributed by atoms with Crippen LogP contribution in [0.5, 0.6) is 11.5 Å². The lowest BCUT2D eigenvalue weighted by Gasteiger charge is -2.08. The average molecular weight is 326 g/mol. The fourth-order valence-electron chi connectivity index (χ4n) is 2.31. The normalized spacial score (nSPS) is 10.6. The standard InChI is InChI=1S/C19H22N2O3/c1-4-14-7-8-15(12-16(14)20)21-19(22)10-6-13-5-9-17(23-2)18(11-13)24-3/h5-12H,4,20H2,1-3H3,(H,21,22)/b10-6+. The van der Waals surface area contributed by atoms with Gasteiger partial charge < -0.3 is 20.5 Å². The van der Waals surface area contributed by atoms with Crippen LogP contribution in [0.15, 0.2) is 42.5 Å². The molecule has 0 aromatic heterocycles. The van der Waals surface area contributed by atoms with Gasteiger partial charge in [0.15, 0.2) is 11.5 Å². The lowest BCUT2D eigenvalue weighted by Crippen LogP contribution is -2.08. The van der Waals surface area contributed by atoms with E-state index in [1.807, 2.05) is 25.1 Å². The van der Waals surface area contributed by atoms with Crippen LogP contribution >= 0.6 is 0 Å². The quantitative estimate of drug-likeness (QED) is 0.629. The first-order chi connectivity index (χ1) is 11.6. The minimum atomic E-state index is -0.228. The predicted molar refractivity (Wildman–Crippen MR) is 97.4 cm³/mol. The molecule has 24 heavy (non-hydrogen) atoms. The first-order valence-corrected chi connectivity index (χ1v) is 7.66.